The van der Waals surface area contributed by atoms with E-state index in [0.29, 0.717) is 12.1 Å². The molecule has 2 atom stereocenters. The van der Waals surface area contributed by atoms with E-state index in [1.54, 1.807) is 13.3 Å². The maximum atomic E-state index is 9.80. The van der Waals surface area contributed by atoms with E-state index in [1.807, 2.05) is 12.3 Å². The summed E-state index contributed by atoms with van der Waals surface area (Å²) in [5.41, 5.74) is 0.745. The van der Waals surface area contributed by atoms with Crippen LogP contribution in [0.1, 0.15) is 31.2 Å². The van der Waals surface area contributed by atoms with Gasteiger partial charge in [0.05, 0.1) is 18.1 Å². The lowest BCUT2D eigenvalue weighted by molar-refractivity contribution is 0.0698. The molecule has 0 amide bonds. The van der Waals surface area contributed by atoms with Crippen molar-refractivity contribution in [2.75, 3.05) is 20.3 Å². The van der Waals surface area contributed by atoms with Gasteiger partial charge in [-0.2, -0.15) is 5.26 Å². The molecule has 0 aliphatic carbocycles. The van der Waals surface area contributed by atoms with E-state index < -0.39 is 0 Å². The Morgan fingerprint density at radius 2 is 2.20 bits per heavy atom. The topological polar surface area (TPSA) is 49.1 Å². The smallest absolute Gasteiger partial charge is 0.0866 e. The lowest BCUT2D eigenvalue weighted by atomic mass is 9.71. The second-order valence-electron chi connectivity index (χ2n) is 5.96. The average Bonchev–Trinajstić information content (AvgIpc) is 2.75. The van der Waals surface area contributed by atoms with E-state index >= 15 is 0 Å². The quantitative estimate of drug-likeness (QED) is 0.841. The third kappa shape index (κ3) is 2.21. The molecule has 3 heterocycles. The Morgan fingerprint density at radius 1 is 1.45 bits per heavy atom. The summed E-state index contributed by atoms with van der Waals surface area (Å²) in [5, 5.41) is 9.80. The van der Waals surface area contributed by atoms with Crippen molar-refractivity contribution in [1.29, 1.82) is 5.26 Å². The summed E-state index contributed by atoms with van der Waals surface area (Å²) in [7, 11) is 1.75. The van der Waals surface area contributed by atoms with Crippen LogP contribution in [-0.2, 0) is 10.2 Å². The van der Waals surface area contributed by atoms with Crippen LogP contribution in [0, 0.1) is 11.3 Å². The molecule has 0 aromatic carbocycles. The summed E-state index contributed by atoms with van der Waals surface area (Å²) in [6.07, 6.45) is 7.91. The number of nitriles is 1. The SMILES string of the molecule is COCCN1C2CCC1CC(C#N)(c1cccnc1)C2. The number of rotatable bonds is 4. The molecule has 3 rings (SSSR count). The molecular formula is C16H21N3O. The van der Waals surface area contributed by atoms with Crippen LogP contribution in [0.15, 0.2) is 24.5 Å². The van der Waals surface area contributed by atoms with Gasteiger partial charge in [0.1, 0.15) is 0 Å². The Kier molecular flexibility index (Phi) is 3.73. The lowest BCUT2D eigenvalue weighted by Gasteiger charge is -2.43. The van der Waals surface area contributed by atoms with Crippen molar-refractivity contribution in [3.05, 3.63) is 30.1 Å². The number of pyridine rings is 1. The average molecular weight is 271 g/mol. The zero-order valence-corrected chi connectivity index (χ0v) is 12.0. The Bertz CT molecular complexity index is 482. The summed E-state index contributed by atoms with van der Waals surface area (Å²) >= 11 is 0. The number of methoxy groups -OCH3 is 1. The molecule has 106 valence electrons. The first-order valence-electron chi connectivity index (χ1n) is 7.35. The van der Waals surface area contributed by atoms with Gasteiger partial charge >= 0.3 is 0 Å². The standard InChI is InChI=1S/C16H21N3O/c1-20-8-7-19-14-4-5-15(19)10-16(9-14,12-17)13-3-2-6-18-11-13/h2-3,6,11,14-15H,4-5,7-10H2,1H3. The van der Waals surface area contributed by atoms with Crippen molar-refractivity contribution >= 4 is 0 Å². The van der Waals surface area contributed by atoms with E-state index in [4.69, 9.17) is 4.74 Å². The molecule has 2 fully saturated rings. The monoisotopic (exact) mass is 271 g/mol. The van der Waals surface area contributed by atoms with Gasteiger partial charge in [-0.3, -0.25) is 9.88 Å². The van der Waals surface area contributed by atoms with Crippen LogP contribution in [0.25, 0.3) is 0 Å². The lowest BCUT2D eigenvalue weighted by Crippen LogP contribution is -2.50. The van der Waals surface area contributed by atoms with Crippen LogP contribution in [0.3, 0.4) is 0 Å². The van der Waals surface area contributed by atoms with Gasteiger partial charge in [-0.05, 0) is 37.3 Å². The molecule has 2 bridgehead atoms. The molecule has 2 aliphatic rings. The number of piperidine rings is 1. The van der Waals surface area contributed by atoms with Gasteiger partial charge in [0.2, 0.25) is 0 Å². The summed E-state index contributed by atoms with van der Waals surface area (Å²) in [5.74, 6) is 0. The van der Waals surface area contributed by atoms with Gasteiger partial charge in [-0.1, -0.05) is 6.07 Å². The maximum Gasteiger partial charge on any atom is 0.0866 e. The first-order valence-corrected chi connectivity index (χ1v) is 7.35. The van der Waals surface area contributed by atoms with Crippen LogP contribution in [0.5, 0.6) is 0 Å². The van der Waals surface area contributed by atoms with Gasteiger partial charge in [0.25, 0.3) is 0 Å². The first kappa shape index (κ1) is 13.5. The van der Waals surface area contributed by atoms with Gasteiger partial charge in [-0.15, -0.1) is 0 Å². The Labute approximate surface area is 120 Å². The zero-order valence-electron chi connectivity index (χ0n) is 12.0. The maximum absolute atomic E-state index is 9.80. The van der Waals surface area contributed by atoms with Crippen LogP contribution in [0.4, 0.5) is 0 Å². The molecule has 1 aromatic heterocycles. The summed E-state index contributed by atoms with van der Waals surface area (Å²) in [4.78, 5) is 6.76. The molecular weight excluding hydrogens is 250 g/mol. The van der Waals surface area contributed by atoms with E-state index in [0.717, 1.165) is 31.6 Å². The molecule has 2 aliphatic heterocycles. The minimum absolute atomic E-state index is 0.344. The molecule has 2 unspecified atom stereocenters. The number of fused-ring (bicyclic) bond motifs is 2. The summed E-state index contributed by atoms with van der Waals surface area (Å²) < 4.78 is 5.22. The van der Waals surface area contributed by atoms with Gasteiger partial charge in [0, 0.05) is 38.1 Å². The second-order valence-corrected chi connectivity index (χ2v) is 5.96. The van der Waals surface area contributed by atoms with E-state index in [-0.39, 0.29) is 5.41 Å². The molecule has 0 spiro atoms. The molecule has 0 saturated carbocycles. The number of hydrogen-bond acceptors (Lipinski definition) is 4. The van der Waals surface area contributed by atoms with E-state index in [2.05, 4.69) is 22.0 Å². The predicted molar refractivity (Wildman–Crippen MR) is 76.2 cm³/mol. The third-order valence-corrected chi connectivity index (χ3v) is 4.92. The first-order chi connectivity index (χ1) is 9.79. The minimum Gasteiger partial charge on any atom is -0.383 e. The fraction of sp³-hybridized carbons (Fsp3) is 0.625. The van der Waals surface area contributed by atoms with Crippen molar-refractivity contribution < 1.29 is 4.74 Å². The number of nitrogens with zero attached hydrogens (tertiary/aromatic N) is 3. The highest BCUT2D eigenvalue weighted by molar-refractivity contribution is 5.33. The summed E-state index contributed by atoms with van der Waals surface area (Å²) in [6, 6.07) is 7.64. The largest absolute Gasteiger partial charge is 0.383 e. The molecule has 4 heteroatoms. The van der Waals surface area contributed by atoms with Crippen LogP contribution >= 0.6 is 0 Å². The normalized spacial score (nSPS) is 33.0. The predicted octanol–water partition coefficient (Wildman–Crippen LogP) is 2.12. The highest BCUT2D eigenvalue weighted by atomic mass is 16.5. The number of hydrogen-bond donors (Lipinski definition) is 0. The van der Waals surface area contributed by atoms with Crippen molar-refractivity contribution in [1.82, 2.24) is 9.88 Å². The van der Waals surface area contributed by atoms with Crippen LogP contribution in [0.2, 0.25) is 0 Å². The van der Waals surface area contributed by atoms with Gasteiger partial charge < -0.3 is 4.74 Å². The second kappa shape index (κ2) is 5.51. The van der Waals surface area contributed by atoms with E-state index in [9.17, 15) is 5.26 Å². The molecule has 4 nitrogen and oxygen atoms in total. The van der Waals surface area contributed by atoms with Crippen molar-refractivity contribution in [2.45, 2.75) is 43.2 Å². The Morgan fingerprint density at radius 3 is 2.75 bits per heavy atom. The number of ether oxygens (including phenoxy) is 1. The van der Waals surface area contributed by atoms with Crippen LogP contribution < -0.4 is 0 Å². The molecule has 0 radical (unpaired) electrons. The van der Waals surface area contributed by atoms with E-state index in [1.165, 1.54) is 12.8 Å². The fourth-order valence-corrected chi connectivity index (χ4v) is 3.94. The zero-order chi connectivity index (χ0) is 14.0. The van der Waals surface area contributed by atoms with Crippen molar-refractivity contribution in [3.8, 4) is 6.07 Å². The van der Waals surface area contributed by atoms with Crippen molar-refractivity contribution in [3.63, 3.8) is 0 Å². The van der Waals surface area contributed by atoms with Crippen molar-refractivity contribution in [2.24, 2.45) is 0 Å². The minimum atomic E-state index is -0.344. The highest BCUT2D eigenvalue weighted by Crippen LogP contribution is 2.46. The molecule has 20 heavy (non-hydrogen) atoms. The van der Waals surface area contributed by atoms with Crippen LogP contribution in [-0.4, -0.2) is 42.2 Å². The molecule has 2 saturated heterocycles. The van der Waals surface area contributed by atoms with Gasteiger partial charge in [-0.25, -0.2) is 0 Å². The molecule has 0 N–H and O–H groups in total. The third-order valence-electron chi connectivity index (χ3n) is 4.92. The fourth-order valence-electron chi connectivity index (χ4n) is 3.94. The summed E-state index contributed by atoms with van der Waals surface area (Å²) in [6.45, 7) is 1.76. The van der Waals surface area contributed by atoms with Gasteiger partial charge in [0.15, 0.2) is 0 Å². The number of aromatic nitrogens is 1. The Balaban J connectivity index is 1.83. The highest BCUT2D eigenvalue weighted by Gasteiger charge is 2.49. The molecule has 1 aromatic rings. The Hall–Kier alpha value is -1.44.